The molecule has 4 N–H and O–H groups in total. The first-order valence-electron chi connectivity index (χ1n) is 8.67. The summed E-state index contributed by atoms with van der Waals surface area (Å²) >= 11 is 0. The maximum Gasteiger partial charge on any atom is 0.222 e. The molecular formula is C17H24N6O. The topological polar surface area (TPSA) is 104 Å². The molecule has 0 radical (unpaired) electrons. The molecule has 1 saturated heterocycles. The summed E-state index contributed by atoms with van der Waals surface area (Å²) in [4.78, 5) is 11.1. The van der Waals surface area contributed by atoms with E-state index in [1.807, 2.05) is 6.20 Å². The maximum atomic E-state index is 9.52. The Morgan fingerprint density at radius 2 is 1.96 bits per heavy atom. The number of aromatic amines is 1. The Morgan fingerprint density at radius 3 is 2.58 bits per heavy atom. The van der Waals surface area contributed by atoms with Gasteiger partial charge in [-0.2, -0.15) is 10.1 Å². The van der Waals surface area contributed by atoms with Crippen LogP contribution in [0.3, 0.4) is 0 Å². The van der Waals surface area contributed by atoms with Gasteiger partial charge in [0.05, 0.1) is 18.0 Å². The summed E-state index contributed by atoms with van der Waals surface area (Å²) in [6.07, 6.45) is 5.40. The zero-order valence-corrected chi connectivity index (χ0v) is 13.9. The summed E-state index contributed by atoms with van der Waals surface area (Å²) in [5.74, 6) is 2.09. The van der Waals surface area contributed by atoms with E-state index in [0.29, 0.717) is 17.8 Å². The van der Waals surface area contributed by atoms with E-state index in [0.717, 1.165) is 50.3 Å². The minimum atomic E-state index is -0.192. The van der Waals surface area contributed by atoms with Crippen molar-refractivity contribution in [3.05, 3.63) is 29.2 Å². The van der Waals surface area contributed by atoms with Crippen LogP contribution >= 0.6 is 0 Å². The van der Waals surface area contributed by atoms with E-state index in [1.165, 1.54) is 11.3 Å². The minimum Gasteiger partial charge on any atom is -0.393 e. The van der Waals surface area contributed by atoms with Crippen molar-refractivity contribution in [2.24, 2.45) is 0 Å². The van der Waals surface area contributed by atoms with Crippen molar-refractivity contribution in [1.29, 1.82) is 0 Å². The highest BCUT2D eigenvalue weighted by molar-refractivity contribution is 5.45. The minimum absolute atomic E-state index is 0.192. The van der Waals surface area contributed by atoms with E-state index in [-0.39, 0.29) is 6.10 Å². The number of H-pyrrole nitrogens is 1. The molecular weight excluding hydrogens is 304 g/mol. The van der Waals surface area contributed by atoms with Crippen molar-refractivity contribution in [3.63, 3.8) is 0 Å². The Morgan fingerprint density at radius 1 is 1.21 bits per heavy atom. The Kier molecular flexibility index (Phi) is 3.88. The highest BCUT2D eigenvalue weighted by atomic mass is 16.3. The van der Waals surface area contributed by atoms with Gasteiger partial charge in [0.25, 0.3) is 0 Å². The number of aliphatic hydroxyl groups is 1. The second-order valence-corrected chi connectivity index (χ2v) is 7.06. The number of anilines is 2. The molecule has 24 heavy (non-hydrogen) atoms. The highest BCUT2D eigenvalue weighted by Crippen LogP contribution is 2.37. The van der Waals surface area contributed by atoms with Crippen LogP contribution < -0.4 is 10.6 Å². The molecule has 7 heteroatoms. The molecule has 0 aromatic carbocycles. The zero-order chi connectivity index (χ0) is 16.7. The lowest BCUT2D eigenvalue weighted by atomic mass is 9.80. The van der Waals surface area contributed by atoms with E-state index in [9.17, 15) is 5.11 Å². The quantitative estimate of drug-likeness (QED) is 0.792. The van der Waals surface area contributed by atoms with Crippen LogP contribution in [0.5, 0.6) is 0 Å². The third-order valence-corrected chi connectivity index (χ3v) is 5.38. The number of nitrogens with one attached hydrogen (secondary N) is 1. The molecule has 2 aliphatic rings. The molecule has 2 fully saturated rings. The molecule has 1 aliphatic heterocycles. The van der Waals surface area contributed by atoms with Gasteiger partial charge in [-0.15, -0.1) is 0 Å². The van der Waals surface area contributed by atoms with Crippen molar-refractivity contribution in [2.75, 3.05) is 23.7 Å². The van der Waals surface area contributed by atoms with Gasteiger partial charge in [0, 0.05) is 36.7 Å². The number of nitrogens with two attached hydrogens (primary N) is 1. The predicted octanol–water partition coefficient (Wildman–Crippen LogP) is 1.71. The molecule has 7 nitrogen and oxygen atoms in total. The van der Waals surface area contributed by atoms with Gasteiger partial charge in [0.2, 0.25) is 5.95 Å². The molecule has 0 bridgehead atoms. The van der Waals surface area contributed by atoms with Gasteiger partial charge in [-0.05, 0) is 38.2 Å². The van der Waals surface area contributed by atoms with Gasteiger partial charge in [-0.3, -0.25) is 5.10 Å². The number of hydrogen-bond acceptors (Lipinski definition) is 6. The van der Waals surface area contributed by atoms with Crippen LogP contribution in [-0.2, 0) is 0 Å². The van der Waals surface area contributed by atoms with Crippen LogP contribution in [0, 0.1) is 6.92 Å². The average Bonchev–Trinajstić information content (AvgIpc) is 2.97. The lowest BCUT2D eigenvalue weighted by Crippen LogP contribution is -2.34. The Balaban J connectivity index is 1.46. The summed E-state index contributed by atoms with van der Waals surface area (Å²) in [5.41, 5.74) is 9.39. The third kappa shape index (κ3) is 2.84. The molecule has 4 rings (SSSR count). The van der Waals surface area contributed by atoms with Crippen molar-refractivity contribution in [3.8, 4) is 0 Å². The summed E-state index contributed by atoms with van der Waals surface area (Å²) in [7, 11) is 0. The molecule has 0 spiro atoms. The van der Waals surface area contributed by atoms with Crippen molar-refractivity contribution >= 4 is 11.8 Å². The number of aryl methyl sites for hydroxylation is 1. The van der Waals surface area contributed by atoms with Crippen molar-refractivity contribution in [1.82, 2.24) is 20.2 Å². The summed E-state index contributed by atoms with van der Waals surface area (Å²) in [6.45, 7) is 4.01. The highest BCUT2D eigenvalue weighted by Gasteiger charge is 2.31. The van der Waals surface area contributed by atoms with Gasteiger partial charge in [-0.25, -0.2) is 4.98 Å². The fourth-order valence-corrected chi connectivity index (χ4v) is 3.84. The second kappa shape index (κ2) is 6.05. The number of rotatable bonds is 3. The number of aromatic nitrogens is 4. The summed E-state index contributed by atoms with van der Waals surface area (Å²) in [5, 5.41) is 16.8. The van der Waals surface area contributed by atoms with Crippen LogP contribution in [0.1, 0.15) is 54.5 Å². The third-order valence-electron chi connectivity index (χ3n) is 5.38. The van der Waals surface area contributed by atoms with Crippen LogP contribution in [0.4, 0.5) is 11.8 Å². The van der Waals surface area contributed by atoms with Crippen LogP contribution in [0.15, 0.2) is 12.3 Å². The Labute approximate surface area is 141 Å². The molecule has 0 amide bonds. The number of nitrogen functional groups attached to an aromatic ring is 1. The van der Waals surface area contributed by atoms with Gasteiger partial charge < -0.3 is 15.7 Å². The fourth-order valence-electron chi connectivity index (χ4n) is 3.84. The molecule has 2 aromatic rings. The standard InChI is InChI=1S/C17H24N6O/c1-10-9-19-22-16(10)11-2-4-23(5-3-11)15-8-14(20-17(18)21-15)12-6-13(24)7-12/h8-9,11-13,24H,2-7H2,1H3,(H,19,22)(H2,18,20,21). The fraction of sp³-hybridized carbons (Fsp3) is 0.588. The van der Waals surface area contributed by atoms with Crippen LogP contribution in [0.25, 0.3) is 0 Å². The summed E-state index contributed by atoms with van der Waals surface area (Å²) < 4.78 is 0. The molecule has 3 heterocycles. The number of hydrogen-bond donors (Lipinski definition) is 3. The lowest BCUT2D eigenvalue weighted by Gasteiger charge is -2.34. The van der Waals surface area contributed by atoms with E-state index >= 15 is 0 Å². The van der Waals surface area contributed by atoms with E-state index in [1.54, 1.807) is 0 Å². The van der Waals surface area contributed by atoms with Gasteiger partial charge in [0.15, 0.2) is 0 Å². The second-order valence-electron chi connectivity index (χ2n) is 7.06. The zero-order valence-electron chi connectivity index (χ0n) is 13.9. The largest absolute Gasteiger partial charge is 0.393 e. The van der Waals surface area contributed by atoms with Crippen molar-refractivity contribution in [2.45, 2.75) is 50.5 Å². The Bertz CT molecular complexity index is 716. The molecule has 128 valence electrons. The molecule has 0 atom stereocenters. The monoisotopic (exact) mass is 328 g/mol. The normalized spacial score (nSPS) is 24.8. The average molecular weight is 328 g/mol. The van der Waals surface area contributed by atoms with Crippen LogP contribution in [-0.4, -0.2) is 44.5 Å². The number of aliphatic hydroxyl groups excluding tert-OH is 1. The van der Waals surface area contributed by atoms with E-state index in [2.05, 4.69) is 38.1 Å². The number of piperidine rings is 1. The van der Waals surface area contributed by atoms with Gasteiger partial charge in [0.1, 0.15) is 5.82 Å². The van der Waals surface area contributed by atoms with Crippen LogP contribution in [0.2, 0.25) is 0 Å². The van der Waals surface area contributed by atoms with E-state index in [4.69, 9.17) is 5.73 Å². The maximum absolute atomic E-state index is 9.52. The summed E-state index contributed by atoms with van der Waals surface area (Å²) in [6, 6.07) is 2.05. The molecule has 1 saturated carbocycles. The smallest absolute Gasteiger partial charge is 0.222 e. The first-order valence-corrected chi connectivity index (χ1v) is 8.67. The lowest BCUT2D eigenvalue weighted by molar-refractivity contribution is 0.0732. The Hall–Kier alpha value is -2.15. The van der Waals surface area contributed by atoms with Gasteiger partial charge >= 0.3 is 0 Å². The molecule has 1 aliphatic carbocycles. The first kappa shape index (κ1) is 15.4. The molecule has 2 aromatic heterocycles. The van der Waals surface area contributed by atoms with Crippen molar-refractivity contribution < 1.29 is 5.11 Å². The van der Waals surface area contributed by atoms with E-state index < -0.39 is 0 Å². The SMILES string of the molecule is Cc1cn[nH]c1C1CCN(c2cc(C3CC(O)C3)nc(N)n2)CC1. The predicted molar refractivity (Wildman–Crippen MR) is 91.9 cm³/mol. The first-order chi connectivity index (χ1) is 11.6. The number of nitrogens with zero attached hydrogens (tertiary/aromatic N) is 4. The molecule has 0 unspecified atom stereocenters. The van der Waals surface area contributed by atoms with Gasteiger partial charge in [-0.1, -0.05) is 0 Å².